The fourth-order valence-electron chi connectivity index (χ4n) is 2.77. The lowest BCUT2D eigenvalue weighted by Crippen LogP contribution is -2.31. The average molecular weight is 403 g/mol. The molecule has 1 heterocycles. The molecule has 140 valence electrons. The number of amides is 1. The number of carbonyl (C=O) groups is 1. The minimum absolute atomic E-state index is 0.196. The van der Waals surface area contributed by atoms with Gasteiger partial charge in [0.1, 0.15) is 17.2 Å². The molecule has 2 aromatic carbocycles. The van der Waals surface area contributed by atoms with E-state index in [2.05, 4.69) is 0 Å². The lowest BCUT2D eigenvalue weighted by atomic mass is 10.1. The van der Waals surface area contributed by atoms with Crippen molar-refractivity contribution in [3.63, 3.8) is 0 Å². The molecule has 0 atom stereocenters. The van der Waals surface area contributed by atoms with E-state index in [0.29, 0.717) is 33.9 Å². The van der Waals surface area contributed by atoms with Crippen molar-refractivity contribution in [2.75, 3.05) is 25.7 Å². The van der Waals surface area contributed by atoms with Gasteiger partial charge in [-0.3, -0.25) is 9.69 Å². The summed E-state index contributed by atoms with van der Waals surface area (Å²) in [6, 6.07) is 12.6. The zero-order chi connectivity index (χ0) is 19.6. The number of methoxy groups -OCH3 is 1. The quantitative estimate of drug-likeness (QED) is 0.549. The van der Waals surface area contributed by atoms with Crippen LogP contribution in [0.1, 0.15) is 12.5 Å². The fourth-order valence-corrected chi connectivity index (χ4v) is 3.33. The lowest BCUT2D eigenvalue weighted by Gasteiger charge is -2.16. The Bertz CT molecular complexity index is 912. The van der Waals surface area contributed by atoms with Gasteiger partial charge in [0.05, 0.1) is 24.4 Å². The number of carbonyl (C=O) groups excluding carboxylic acids is 1. The van der Waals surface area contributed by atoms with Crippen LogP contribution in [-0.4, -0.2) is 36.7 Å². The Hall–Kier alpha value is -2.57. The first-order chi connectivity index (χ1) is 13.0. The Labute approximate surface area is 168 Å². The van der Waals surface area contributed by atoms with E-state index >= 15 is 0 Å². The topological polar surface area (TPSA) is 42.0 Å². The van der Waals surface area contributed by atoms with Gasteiger partial charge in [0.15, 0.2) is 5.11 Å². The van der Waals surface area contributed by atoms with Crippen molar-refractivity contribution in [3.8, 4) is 11.5 Å². The second-order valence-electron chi connectivity index (χ2n) is 5.83. The highest BCUT2D eigenvalue weighted by Gasteiger charge is 2.36. The van der Waals surface area contributed by atoms with Crippen LogP contribution in [0, 0.1) is 0 Å². The molecule has 1 amide bonds. The normalized spacial score (nSPS) is 15.6. The number of anilines is 1. The minimum Gasteiger partial charge on any atom is -0.495 e. The molecule has 1 aliphatic heterocycles. The number of benzene rings is 2. The number of halogens is 1. The van der Waals surface area contributed by atoms with E-state index in [4.69, 9.17) is 33.3 Å². The number of nitrogens with zero attached hydrogens (tertiary/aromatic N) is 2. The number of hydrogen-bond acceptors (Lipinski definition) is 4. The molecular weight excluding hydrogens is 384 g/mol. The van der Waals surface area contributed by atoms with E-state index in [1.165, 1.54) is 4.90 Å². The summed E-state index contributed by atoms with van der Waals surface area (Å²) in [5, 5.41) is 0.890. The highest BCUT2D eigenvalue weighted by atomic mass is 35.5. The van der Waals surface area contributed by atoms with Crippen LogP contribution in [0.3, 0.4) is 0 Å². The smallest absolute Gasteiger partial charge is 0.281 e. The highest BCUT2D eigenvalue weighted by Crippen LogP contribution is 2.31. The van der Waals surface area contributed by atoms with E-state index in [1.807, 2.05) is 37.3 Å². The van der Waals surface area contributed by atoms with Crippen molar-refractivity contribution in [1.82, 2.24) is 4.90 Å². The molecule has 2 aromatic rings. The molecule has 1 fully saturated rings. The Balaban J connectivity index is 1.91. The summed E-state index contributed by atoms with van der Waals surface area (Å²) in [5.74, 6) is 1.13. The van der Waals surface area contributed by atoms with Crippen LogP contribution < -0.4 is 14.4 Å². The Morgan fingerprint density at radius 2 is 1.89 bits per heavy atom. The Morgan fingerprint density at radius 1 is 1.19 bits per heavy atom. The molecule has 0 aromatic heterocycles. The number of thiocarbonyl (C=S) groups is 1. The molecular formula is C20H19ClN2O3S. The standard InChI is InChI=1S/C20H19ClN2O3S/c1-4-26-15-8-6-14(7-9-15)23-19(24)17(22(2)20(23)27)12-13-5-10-18(25-3)16(21)11-13/h5-12H,4H2,1-3H3/b17-12-. The van der Waals surface area contributed by atoms with Gasteiger partial charge in [-0.1, -0.05) is 17.7 Å². The van der Waals surface area contributed by atoms with Gasteiger partial charge in [0, 0.05) is 7.05 Å². The Kier molecular flexibility index (Phi) is 5.68. The van der Waals surface area contributed by atoms with Gasteiger partial charge in [0.25, 0.3) is 5.91 Å². The van der Waals surface area contributed by atoms with E-state index in [9.17, 15) is 4.79 Å². The predicted octanol–water partition coefficient (Wildman–Crippen LogP) is 4.35. The third kappa shape index (κ3) is 3.77. The molecule has 27 heavy (non-hydrogen) atoms. The van der Waals surface area contributed by atoms with Crippen molar-refractivity contribution in [1.29, 1.82) is 0 Å². The van der Waals surface area contributed by atoms with Crippen LogP contribution in [-0.2, 0) is 4.79 Å². The molecule has 0 N–H and O–H groups in total. The molecule has 0 aliphatic carbocycles. The number of hydrogen-bond donors (Lipinski definition) is 0. The molecule has 5 nitrogen and oxygen atoms in total. The summed E-state index contributed by atoms with van der Waals surface area (Å²) in [6.45, 7) is 2.50. The molecule has 3 rings (SSSR count). The summed E-state index contributed by atoms with van der Waals surface area (Å²) >= 11 is 11.7. The van der Waals surface area contributed by atoms with Crippen molar-refractivity contribution in [2.45, 2.75) is 6.92 Å². The van der Waals surface area contributed by atoms with Gasteiger partial charge >= 0.3 is 0 Å². The van der Waals surface area contributed by atoms with Gasteiger partial charge in [-0.15, -0.1) is 0 Å². The van der Waals surface area contributed by atoms with Gasteiger partial charge in [0.2, 0.25) is 0 Å². The molecule has 0 bridgehead atoms. The van der Waals surface area contributed by atoms with Crippen molar-refractivity contribution < 1.29 is 14.3 Å². The third-order valence-corrected chi connectivity index (χ3v) is 4.90. The summed E-state index contributed by atoms with van der Waals surface area (Å²) in [5.41, 5.74) is 1.94. The molecule has 0 spiro atoms. The van der Waals surface area contributed by atoms with Crippen molar-refractivity contribution in [3.05, 3.63) is 58.7 Å². The minimum atomic E-state index is -0.196. The molecule has 0 saturated carbocycles. The number of ether oxygens (including phenoxy) is 2. The van der Waals surface area contributed by atoms with Crippen LogP contribution in [0.2, 0.25) is 5.02 Å². The fraction of sp³-hybridized carbons (Fsp3) is 0.200. The van der Waals surface area contributed by atoms with Gasteiger partial charge < -0.3 is 14.4 Å². The lowest BCUT2D eigenvalue weighted by molar-refractivity contribution is -0.114. The van der Waals surface area contributed by atoms with Crippen LogP contribution in [0.15, 0.2) is 48.2 Å². The largest absolute Gasteiger partial charge is 0.495 e. The molecule has 0 radical (unpaired) electrons. The second-order valence-corrected chi connectivity index (χ2v) is 6.60. The van der Waals surface area contributed by atoms with Gasteiger partial charge in [-0.25, -0.2) is 0 Å². The molecule has 1 aliphatic rings. The van der Waals surface area contributed by atoms with Crippen molar-refractivity contribution in [2.24, 2.45) is 0 Å². The first-order valence-corrected chi connectivity index (χ1v) is 9.15. The summed E-state index contributed by atoms with van der Waals surface area (Å²) < 4.78 is 10.6. The predicted molar refractivity (Wildman–Crippen MR) is 111 cm³/mol. The van der Waals surface area contributed by atoms with Gasteiger partial charge in [-0.05, 0) is 67.2 Å². The number of likely N-dealkylation sites (N-methyl/N-ethyl adjacent to an activating group) is 1. The number of rotatable bonds is 5. The first-order valence-electron chi connectivity index (χ1n) is 8.36. The second kappa shape index (κ2) is 7.98. The zero-order valence-corrected chi connectivity index (χ0v) is 16.8. The monoisotopic (exact) mass is 402 g/mol. The molecule has 7 heteroatoms. The van der Waals surface area contributed by atoms with Crippen LogP contribution in [0.25, 0.3) is 6.08 Å². The summed E-state index contributed by atoms with van der Waals surface area (Å²) in [6.07, 6.45) is 1.76. The third-order valence-electron chi connectivity index (χ3n) is 4.15. The van der Waals surface area contributed by atoms with E-state index < -0.39 is 0 Å². The van der Waals surface area contributed by atoms with Gasteiger partial charge in [-0.2, -0.15) is 0 Å². The average Bonchev–Trinajstić information content (AvgIpc) is 2.86. The summed E-state index contributed by atoms with van der Waals surface area (Å²) in [7, 11) is 3.33. The Morgan fingerprint density at radius 3 is 2.48 bits per heavy atom. The first kappa shape index (κ1) is 19.2. The molecule has 0 unspecified atom stereocenters. The SMILES string of the molecule is CCOc1ccc(N2C(=O)/C(=C/c3ccc(OC)c(Cl)c3)N(C)C2=S)cc1. The van der Waals surface area contributed by atoms with Crippen LogP contribution >= 0.6 is 23.8 Å². The summed E-state index contributed by atoms with van der Waals surface area (Å²) in [4.78, 5) is 16.2. The maximum atomic E-state index is 13.0. The van der Waals surface area contributed by atoms with Crippen molar-refractivity contribution >= 4 is 46.6 Å². The van der Waals surface area contributed by atoms with E-state index in [1.54, 1.807) is 37.3 Å². The molecule has 1 saturated heterocycles. The zero-order valence-electron chi connectivity index (χ0n) is 15.2. The maximum absolute atomic E-state index is 13.0. The van der Waals surface area contributed by atoms with E-state index in [0.717, 1.165) is 11.3 Å². The maximum Gasteiger partial charge on any atom is 0.281 e. The highest BCUT2D eigenvalue weighted by molar-refractivity contribution is 7.80. The van der Waals surface area contributed by atoms with Crippen LogP contribution in [0.5, 0.6) is 11.5 Å². The van der Waals surface area contributed by atoms with E-state index in [-0.39, 0.29) is 5.91 Å². The van der Waals surface area contributed by atoms with Crippen LogP contribution in [0.4, 0.5) is 5.69 Å².